The molecule has 0 aliphatic heterocycles. The fraction of sp³-hybridized carbons (Fsp3) is 0.700. The highest BCUT2D eigenvalue weighted by Crippen LogP contribution is 2.38. The van der Waals surface area contributed by atoms with E-state index in [0.717, 1.165) is 31.1 Å². The molecule has 0 bridgehead atoms. The van der Waals surface area contributed by atoms with E-state index in [1.807, 2.05) is 0 Å². The number of rotatable bonds is 4. The lowest BCUT2D eigenvalue weighted by molar-refractivity contribution is 0.158. The molecule has 0 aromatic rings. The zero-order chi connectivity index (χ0) is 15.2. The predicted molar refractivity (Wildman–Crippen MR) is 91.2 cm³/mol. The fourth-order valence-electron chi connectivity index (χ4n) is 3.88. The highest BCUT2D eigenvalue weighted by atomic mass is 16.3. The molecule has 3 atom stereocenters. The second-order valence-corrected chi connectivity index (χ2v) is 7.05. The lowest BCUT2D eigenvalue weighted by Crippen LogP contribution is -2.19. The van der Waals surface area contributed by atoms with E-state index in [2.05, 4.69) is 32.6 Å². The summed E-state index contributed by atoms with van der Waals surface area (Å²) >= 11 is 0. The van der Waals surface area contributed by atoms with Crippen LogP contribution in [0.15, 0.2) is 35.5 Å². The quantitative estimate of drug-likeness (QED) is 0.717. The maximum absolute atomic E-state index is 9.84. The van der Waals surface area contributed by atoms with Crippen molar-refractivity contribution in [2.24, 2.45) is 11.8 Å². The zero-order valence-electron chi connectivity index (χ0n) is 13.9. The van der Waals surface area contributed by atoms with Crippen molar-refractivity contribution in [3.05, 3.63) is 35.5 Å². The molecular weight excluding hydrogens is 256 g/mol. The molecule has 2 aliphatic carbocycles. The molecule has 21 heavy (non-hydrogen) atoms. The normalized spacial score (nSPS) is 34.6. The maximum Gasteiger partial charge on any atom is 0.0583 e. The SMILES string of the molecule is C=C1CC[C@H](O)C/C1=C/C=C1\CCC[C@@H](C)[C@H]1CCCC. The van der Waals surface area contributed by atoms with Crippen LogP contribution in [0, 0.1) is 11.8 Å². The van der Waals surface area contributed by atoms with E-state index < -0.39 is 0 Å². The molecule has 0 amide bonds. The maximum atomic E-state index is 9.84. The molecule has 0 aromatic heterocycles. The molecule has 0 spiro atoms. The third-order valence-electron chi connectivity index (χ3n) is 5.34. The van der Waals surface area contributed by atoms with Gasteiger partial charge in [-0.2, -0.15) is 0 Å². The minimum atomic E-state index is -0.165. The van der Waals surface area contributed by atoms with Gasteiger partial charge in [0.05, 0.1) is 6.10 Å². The van der Waals surface area contributed by atoms with Crippen LogP contribution >= 0.6 is 0 Å². The molecule has 0 unspecified atom stereocenters. The Morgan fingerprint density at radius 3 is 2.81 bits per heavy atom. The second kappa shape index (κ2) is 7.98. The van der Waals surface area contributed by atoms with Gasteiger partial charge in [-0.25, -0.2) is 0 Å². The van der Waals surface area contributed by atoms with Crippen molar-refractivity contribution >= 4 is 0 Å². The molecule has 1 heteroatoms. The first-order valence-electron chi connectivity index (χ1n) is 8.87. The van der Waals surface area contributed by atoms with Gasteiger partial charge < -0.3 is 5.11 Å². The number of allylic oxidation sites excluding steroid dienone is 4. The van der Waals surface area contributed by atoms with Crippen molar-refractivity contribution in [2.75, 3.05) is 0 Å². The molecule has 0 aromatic carbocycles. The summed E-state index contributed by atoms with van der Waals surface area (Å²) in [6.07, 6.45) is 15.0. The van der Waals surface area contributed by atoms with E-state index in [-0.39, 0.29) is 6.10 Å². The summed E-state index contributed by atoms with van der Waals surface area (Å²) in [5.74, 6) is 1.60. The third-order valence-corrected chi connectivity index (χ3v) is 5.34. The van der Waals surface area contributed by atoms with Gasteiger partial charge in [-0.05, 0) is 62.4 Å². The van der Waals surface area contributed by atoms with Crippen LogP contribution in [0.2, 0.25) is 0 Å². The van der Waals surface area contributed by atoms with Gasteiger partial charge in [-0.15, -0.1) is 0 Å². The van der Waals surface area contributed by atoms with Crippen molar-refractivity contribution in [1.82, 2.24) is 0 Å². The molecule has 0 saturated heterocycles. The molecule has 118 valence electrons. The van der Waals surface area contributed by atoms with E-state index in [9.17, 15) is 5.11 Å². The van der Waals surface area contributed by atoms with Crippen LogP contribution in [0.25, 0.3) is 0 Å². The monoisotopic (exact) mass is 288 g/mol. The molecule has 2 fully saturated rings. The minimum absolute atomic E-state index is 0.165. The van der Waals surface area contributed by atoms with Gasteiger partial charge in [-0.1, -0.05) is 56.6 Å². The summed E-state index contributed by atoms with van der Waals surface area (Å²) in [7, 11) is 0. The smallest absolute Gasteiger partial charge is 0.0583 e. The predicted octanol–water partition coefficient (Wildman–Crippen LogP) is 5.57. The summed E-state index contributed by atoms with van der Waals surface area (Å²) in [5.41, 5.74) is 4.14. The molecule has 1 nitrogen and oxygen atoms in total. The first kappa shape index (κ1) is 16.5. The molecule has 0 radical (unpaired) electrons. The molecule has 2 saturated carbocycles. The molecule has 0 heterocycles. The summed E-state index contributed by atoms with van der Waals surface area (Å²) in [6, 6.07) is 0. The zero-order valence-corrected chi connectivity index (χ0v) is 13.9. The van der Waals surface area contributed by atoms with Crippen molar-refractivity contribution in [3.63, 3.8) is 0 Å². The van der Waals surface area contributed by atoms with Gasteiger partial charge in [0.15, 0.2) is 0 Å². The van der Waals surface area contributed by atoms with Crippen LogP contribution in [0.4, 0.5) is 0 Å². The van der Waals surface area contributed by atoms with Gasteiger partial charge in [0, 0.05) is 0 Å². The summed E-state index contributed by atoms with van der Waals surface area (Å²) in [5, 5.41) is 9.84. The number of unbranched alkanes of at least 4 members (excludes halogenated alkanes) is 1. The van der Waals surface area contributed by atoms with Gasteiger partial charge in [0.1, 0.15) is 0 Å². The third kappa shape index (κ3) is 4.57. The fourth-order valence-corrected chi connectivity index (χ4v) is 3.88. The van der Waals surface area contributed by atoms with Crippen LogP contribution < -0.4 is 0 Å². The van der Waals surface area contributed by atoms with Gasteiger partial charge in [-0.3, -0.25) is 0 Å². The molecule has 2 rings (SSSR count). The Labute approximate surface area is 130 Å². The number of aliphatic hydroxyl groups excluding tert-OH is 1. The van der Waals surface area contributed by atoms with Crippen LogP contribution in [0.3, 0.4) is 0 Å². The lowest BCUT2D eigenvalue weighted by Gasteiger charge is -2.32. The Hall–Kier alpha value is -0.820. The lowest BCUT2D eigenvalue weighted by atomic mass is 9.74. The van der Waals surface area contributed by atoms with E-state index >= 15 is 0 Å². The van der Waals surface area contributed by atoms with Crippen LogP contribution in [0.5, 0.6) is 0 Å². The Balaban J connectivity index is 2.10. The standard InChI is InChI=1S/C20H32O/c1-4-5-9-20-16(3)7-6-8-17(20)11-12-18-14-19(21)13-10-15(18)2/h11-12,16,19-21H,2,4-10,13-14H2,1,3H3/b17-11+,18-12-/t16-,19+,20-/m1/s1. The first-order valence-corrected chi connectivity index (χ1v) is 8.87. The number of aliphatic hydroxyl groups is 1. The molecular formula is C20H32O. The van der Waals surface area contributed by atoms with E-state index in [4.69, 9.17) is 0 Å². The van der Waals surface area contributed by atoms with Gasteiger partial charge in [0.2, 0.25) is 0 Å². The summed E-state index contributed by atoms with van der Waals surface area (Å²) in [4.78, 5) is 0. The Kier molecular flexibility index (Phi) is 6.29. The highest BCUT2D eigenvalue weighted by Gasteiger charge is 2.25. The van der Waals surface area contributed by atoms with Crippen LogP contribution in [-0.4, -0.2) is 11.2 Å². The van der Waals surface area contributed by atoms with Crippen molar-refractivity contribution in [1.29, 1.82) is 0 Å². The first-order chi connectivity index (χ1) is 10.1. The Bertz CT molecular complexity index is 416. The molecule has 1 N–H and O–H groups in total. The Morgan fingerprint density at radius 2 is 2.05 bits per heavy atom. The van der Waals surface area contributed by atoms with Crippen molar-refractivity contribution in [3.8, 4) is 0 Å². The summed E-state index contributed by atoms with van der Waals surface area (Å²) < 4.78 is 0. The Morgan fingerprint density at radius 1 is 1.24 bits per heavy atom. The van der Waals surface area contributed by atoms with E-state index in [1.54, 1.807) is 5.57 Å². The van der Waals surface area contributed by atoms with Gasteiger partial charge >= 0.3 is 0 Å². The van der Waals surface area contributed by atoms with Crippen molar-refractivity contribution < 1.29 is 5.11 Å². The average molecular weight is 288 g/mol. The molecule has 2 aliphatic rings. The van der Waals surface area contributed by atoms with Crippen molar-refractivity contribution in [2.45, 2.75) is 77.7 Å². The largest absolute Gasteiger partial charge is 0.393 e. The van der Waals surface area contributed by atoms with E-state index in [0.29, 0.717) is 0 Å². The van der Waals surface area contributed by atoms with Gasteiger partial charge in [0.25, 0.3) is 0 Å². The number of hydrogen-bond donors (Lipinski definition) is 1. The average Bonchev–Trinajstić information content (AvgIpc) is 2.47. The minimum Gasteiger partial charge on any atom is -0.393 e. The highest BCUT2D eigenvalue weighted by molar-refractivity contribution is 5.35. The number of hydrogen-bond acceptors (Lipinski definition) is 1. The summed E-state index contributed by atoms with van der Waals surface area (Å²) in [6.45, 7) is 8.87. The topological polar surface area (TPSA) is 20.2 Å². The van der Waals surface area contributed by atoms with E-state index in [1.165, 1.54) is 49.7 Å². The van der Waals surface area contributed by atoms with Crippen LogP contribution in [-0.2, 0) is 0 Å². The second-order valence-electron chi connectivity index (χ2n) is 7.05. The van der Waals surface area contributed by atoms with Crippen LogP contribution in [0.1, 0.15) is 71.6 Å².